The molecule has 3 N–H and O–H groups in total. The zero-order valence-electron chi connectivity index (χ0n) is 22.0. The molecule has 1 aromatic heterocycles. The molecule has 1 aliphatic heterocycles. The molecule has 1 saturated heterocycles. The molecule has 5 rings (SSSR count). The molecule has 0 bridgehead atoms. The minimum absolute atomic E-state index is 0.0275. The molecule has 1 atom stereocenters. The SMILES string of the molecule is Cc1ccc(C(=O)NC2CC2)cc1-c1ccc2nc(NC[C@]3(C(C)(C)C)CCCN3C(=O)O)ncc2c1. The summed E-state index contributed by atoms with van der Waals surface area (Å²) in [6, 6.07) is 12.2. The van der Waals surface area contributed by atoms with Crippen molar-refractivity contribution < 1.29 is 14.7 Å². The number of hydrogen-bond donors (Lipinski definition) is 3. The molecule has 194 valence electrons. The van der Waals surface area contributed by atoms with E-state index in [2.05, 4.69) is 36.4 Å². The Morgan fingerprint density at radius 1 is 1.16 bits per heavy atom. The quantitative estimate of drug-likeness (QED) is 0.414. The lowest BCUT2D eigenvalue weighted by atomic mass is 9.71. The second-order valence-electron chi connectivity index (χ2n) is 11.4. The largest absolute Gasteiger partial charge is 0.465 e. The van der Waals surface area contributed by atoms with Gasteiger partial charge < -0.3 is 20.6 Å². The highest BCUT2D eigenvalue weighted by Gasteiger charge is 2.51. The van der Waals surface area contributed by atoms with Crippen LogP contribution in [0, 0.1) is 12.3 Å². The van der Waals surface area contributed by atoms with Gasteiger partial charge in [-0.15, -0.1) is 0 Å². The zero-order chi connectivity index (χ0) is 26.4. The van der Waals surface area contributed by atoms with Crippen LogP contribution in [0.5, 0.6) is 0 Å². The summed E-state index contributed by atoms with van der Waals surface area (Å²) in [6.45, 7) is 9.29. The van der Waals surface area contributed by atoms with Gasteiger partial charge in [-0.25, -0.2) is 14.8 Å². The first-order valence-corrected chi connectivity index (χ1v) is 13.0. The third kappa shape index (κ3) is 4.84. The van der Waals surface area contributed by atoms with E-state index in [1.807, 2.05) is 43.3 Å². The third-order valence-corrected chi connectivity index (χ3v) is 7.96. The summed E-state index contributed by atoms with van der Waals surface area (Å²) in [5.74, 6) is 0.455. The van der Waals surface area contributed by atoms with Gasteiger partial charge in [-0.3, -0.25) is 4.79 Å². The van der Waals surface area contributed by atoms with Crippen LogP contribution < -0.4 is 10.6 Å². The molecule has 1 saturated carbocycles. The van der Waals surface area contributed by atoms with Gasteiger partial charge in [-0.2, -0.15) is 0 Å². The smallest absolute Gasteiger partial charge is 0.407 e. The number of carbonyl (C=O) groups excluding carboxylic acids is 1. The lowest BCUT2D eigenvalue weighted by Gasteiger charge is -2.47. The summed E-state index contributed by atoms with van der Waals surface area (Å²) in [6.07, 6.45) is 4.66. The van der Waals surface area contributed by atoms with Gasteiger partial charge in [-0.1, -0.05) is 32.9 Å². The van der Waals surface area contributed by atoms with Crippen molar-refractivity contribution in [2.75, 3.05) is 18.4 Å². The molecule has 0 radical (unpaired) electrons. The predicted octanol–water partition coefficient (Wildman–Crippen LogP) is 5.47. The van der Waals surface area contributed by atoms with E-state index in [9.17, 15) is 14.7 Å². The maximum atomic E-state index is 12.6. The normalized spacial score (nSPS) is 19.7. The molecular formula is C29H35N5O3. The van der Waals surface area contributed by atoms with Crippen LogP contribution >= 0.6 is 0 Å². The number of carbonyl (C=O) groups is 2. The number of carboxylic acid groups (broad SMARTS) is 1. The van der Waals surface area contributed by atoms with E-state index in [4.69, 9.17) is 4.98 Å². The van der Waals surface area contributed by atoms with Crippen LogP contribution in [0.15, 0.2) is 42.6 Å². The van der Waals surface area contributed by atoms with Crippen molar-refractivity contribution in [3.05, 3.63) is 53.7 Å². The first-order valence-electron chi connectivity index (χ1n) is 13.0. The summed E-state index contributed by atoms with van der Waals surface area (Å²) in [7, 11) is 0. The predicted molar refractivity (Wildman–Crippen MR) is 145 cm³/mol. The molecule has 37 heavy (non-hydrogen) atoms. The number of hydrogen-bond acceptors (Lipinski definition) is 5. The maximum absolute atomic E-state index is 12.6. The number of aryl methyl sites for hydroxylation is 1. The minimum atomic E-state index is -0.884. The van der Waals surface area contributed by atoms with Crippen molar-refractivity contribution in [3.63, 3.8) is 0 Å². The van der Waals surface area contributed by atoms with Crippen LogP contribution in [-0.2, 0) is 0 Å². The first kappa shape index (κ1) is 25.0. The molecule has 1 aliphatic carbocycles. The van der Waals surface area contributed by atoms with E-state index in [1.54, 1.807) is 11.1 Å². The molecule has 2 aromatic carbocycles. The summed E-state index contributed by atoms with van der Waals surface area (Å²) in [4.78, 5) is 35.4. The minimum Gasteiger partial charge on any atom is -0.465 e. The molecular weight excluding hydrogens is 466 g/mol. The summed E-state index contributed by atoms with van der Waals surface area (Å²) in [5.41, 5.74) is 3.79. The van der Waals surface area contributed by atoms with E-state index in [1.165, 1.54) is 0 Å². The standard InChI is InChI=1S/C29H35N5O3/c1-18-6-7-20(25(35)32-22-9-10-22)15-23(18)19-8-11-24-21(14-19)16-30-26(33-24)31-17-29(28(2,3)4)12-5-13-34(29)27(36)37/h6-8,11,14-16,22H,5,9-10,12-13,17H2,1-4H3,(H,32,35)(H,36,37)(H,30,31,33)/t29-/m0/s1. The van der Waals surface area contributed by atoms with E-state index in [-0.39, 0.29) is 11.3 Å². The molecule has 2 heterocycles. The van der Waals surface area contributed by atoms with Gasteiger partial charge in [0.25, 0.3) is 5.91 Å². The Balaban J connectivity index is 1.38. The molecule has 0 unspecified atom stereocenters. The lowest BCUT2D eigenvalue weighted by Crippen LogP contribution is -2.59. The number of nitrogens with one attached hydrogen (secondary N) is 2. The Morgan fingerprint density at radius 2 is 1.95 bits per heavy atom. The fourth-order valence-corrected chi connectivity index (χ4v) is 5.47. The number of benzene rings is 2. The van der Waals surface area contributed by atoms with E-state index < -0.39 is 11.6 Å². The van der Waals surface area contributed by atoms with Crippen molar-refractivity contribution in [2.24, 2.45) is 5.41 Å². The van der Waals surface area contributed by atoms with Crippen molar-refractivity contribution in [1.29, 1.82) is 0 Å². The average molecular weight is 502 g/mol. The summed E-state index contributed by atoms with van der Waals surface area (Å²) in [5, 5.41) is 17.1. The number of fused-ring (bicyclic) bond motifs is 1. The van der Waals surface area contributed by atoms with Crippen LogP contribution in [0.25, 0.3) is 22.0 Å². The van der Waals surface area contributed by atoms with Crippen LogP contribution in [0.1, 0.15) is 62.4 Å². The highest BCUT2D eigenvalue weighted by Crippen LogP contribution is 2.43. The maximum Gasteiger partial charge on any atom is 0.407 e. The lowest BCUT2D eigenvalue weighted by molar-refractivity contribution is 0.0399. The fourth-order valence-electron chi connectivity index (χ4n) is 5.47. The third-order valence-electron chi connectivity index (χ3n) is 7.96. The van der Waals surface area contributed by atoms with Gasteiger partial charge >= 0.3 is 6.09 Å². The number of likely N-dealkylation sites (tertiary alicyclic amines) is 1. The Morgan fingerprint density at radius 3 is 2.65 bits per heavy atom. The first-order chi connectivity index (χ1) is 17.6. The Bertz CT molecular complexity index is 1360. The molecule has 2 aliphatic rings. The Hall–Kier alpha value is -3.68. The molecule has 3 aromatic rings. The summed E-state index contributed by atoms with van der Waals surface area (Å²) < 4.78 is 0. The van der Waals surface area contributed by atoms with Crippen molar-refractivity contribution in [1.82, 2.24) is 20.2 Å². The Labute approximate surface area is 217 Å². The van der Waals surface area contributed by atoms with Crippen LogP contribution in [-0.4, -0.2) is 56.6 Å². The van der Waals surface area contributed by atoms with E-state index >= 15 is 0 Å². The Kier molecular flexibility index (Phi) is 6.30. The highest BCUT2D eigenvalue weighted by molar-refractivity contribution is 5.96. The van der Waals surface area contributed by atoms with Gasteiger partial charge in [0.15, 0.2) is 0 Å². The number of anilines is 1. The van der Waals surface area contributed by atoms with Crippen molar-refractivity contribution in [2.45, 2.75) is 65.0 Å². The summed E-state index contributed by atoms with van der Waals surface area (Å²) >= 11 is 0. The van der Waals surface area contributed by atoms with E-state index in [0.29, 0.717) is 30.6 Å². The average Bonchev–Trinajstić information content (AvgIpc) is 3.55. The molecule has 8 nitrogen and oxygen atoms in total. The van der Waals surface area contributed by atoms with Gasteiger partial charge in [0.05, 0.1) is 11.1 Å². The number of amides is 2. The van der Waals surface area contributed by atoms with Gasteiger partial charge in [0.2, 0.25) is 5.95 Å². The second-order valence-corrected chi connectivity index (χ2v) is 11.4. The highest BCUT2D eigenvalue weighted by atomic mass is 16.4. The van der Waals surface area contributed by atoms with Gasteiger partial charge in [-0.05, 0) is 79.0 Å². The molecule has 2 fully saturated rings. The van der Waals surface area contributed by atoms with Crippen LogP contribution in [0.4, 0.5) is 10.7 Å². The van der Waals surface area contributed by atoms with Gasteiger partial charge in [0, 0.05) is 36.3 Å². The molecule has 0 spiro atoms. The molecule has 8 heteroatoms. The van der Waals surface area contributed by atoms with Crippen LogP contribution in [0.3, 0.4) is 0 Å². The topological polar surface area (TPSA) is 107 Å². The monoisotopic (exact) mass is 501 g/mol. The fraction of sp³-hybridized carbons (Fsp3) is 0.448. The van der Waals surface area contributed by atoms with E-state index in [0.717, 1.165) is 53.3 Å². The van der Waals surface area contributed by atoms with Crippen molar-refractivity contribution in [3.8, 4) is 11.1 Å². The number of rotatable bonds is 6. The molecule has 2 amide bonds. The van der Waals surface area contributed by atoms with Crippen molar-refractivity contribution >= 4 is 28.9 Å². The van der Waals surface area contributed by atoms with Crippen LogP contribution in [0.2, 0.25) is 0 Å². The number of nitrogens with zero attached hydrogens (tertiary/aromatic N) is 3. The van der Waals surface area contributed by atoms with Gasteiger partial charge in [0.1, 0.15) is 0 Å². The zero-order valence-corrected chi connectivity index (χ0v) is 22.0. The number of aromatic nitrogens is 2. The second kappa shape index (κ2) is 9.32.